The molecule has 124 valence electrons. The van der Waals surface area contributed by atoms with E-state index in [0.29, 0.717) is 32.7 Å². The van der Waals surface area contributed by atoms with Crippen molar-refractivity contribution < 1.29 is 9.53 Å². The molecule has 2 aromatic heterocycles. The molecule has 0 N–H and O–H groups in total. The van der Waals surface area contributed by atoms with Crippen LogP contribution in [0.25, 0.3) is 0 Å². The van der Waals surface area contributed by atoms with Gasteiger partial charge in [0.1, 0.15) is 0 Å². The maximum Gasteiger partial charge on any atom is 0.228 e. The first-order chi connectivity index (χ1) is 11.2. The number of rotatable bonds is 6. The molecule has 1 aliphatic heterocycles. The second-order valence-corrected chi connectivity index (χ2v) is 6.81. The third-order valence-corrected chi connectivity index (χ3v) is 5.04. The number of amides is 1. The Kier molecular flexibility index (Phi) is 5.13. The van der Waals surface area contributed by atoms with Gasteiger partial charge in [-0.2, -0.15) is 5.10 Å². The number of aromatic nitrogens is 2. The Hall–Kier alpha value is -1.66. The fourth-order valence-corrected chi connectivity index (χ4v) is 3.68. The number of carbonyl (C=O) groups is 1. The zero-order chi connectivity index (χ0) is 16.2. The summed E-state index contributed by atoms with van der Waals surface area (Å²) in [5.41, 5.74) is 2.25. The molecule has 1 aliphatic rings. The third kappa shape index (κ3) is 3.64. The first kappa shape index (κ1) is 16.2. The highest BCUT2D eigenvalue weighted by Crippen LogP contribution is 2.28. The van der Waals surface area contributed by atoms with Gasteiger partial charge in [0.05, 0.1) is 18.7 Å². The standard InChI is InChI=1S/C17H23N3O2S/c1-3-20-11-13-9-19(16(21)8-15-6-5-7-23-15)10-14(12-22-4-2)17(13)18-20/h5-7,11,14H,3-4,8-10,12H2,1-2H3/t14-/m0/s1. The largest absolute Gasteiger partial charge is 0.381 e. The average Bonchev–Trinajstić information content (AvgIpc) is 3.20. The van der Waals surface area contributed by atoms with Crippen LogP contribution in [0.1, 0.15) is 35.9 Å². The molecule has 0 unspecified atom stereocenters. The Morgan fingerprint density at radius 1 is 1.48 bits per heavy atom. The van der Waals surface area contributed by atoms with E-state index in [9.17, 15) is 4.79 Å². The van der Waals surface area contributed by atoms with Gasteiger partial charge in [-0.3, -0.25) is 9.48 Å². The molecular weight excluding hydrogens is 310 g/mol. The number of thiophene rings is 1. The normalized spacial score (nSPS) is 17.3. The van der Waals surface area contributed by atoms with E-state index in [1.807, 2.05) is 34.0 Å². The molecule has 5 nitrogen and oxygen atoms in total. The summed E-state index contributed by atoms with van der Waals surface area (Å²) in [7, 11) is 0. The van der Waals surface area contributed by atoms with Crippen molar-refractivity contribution in [2.75, 3.05) is 19.8 Å². The van der Waals surface area contributed by atoms with Crippen LogP contribution < -0.4 is 0 Å². The minimum Gasteiger partial charge on any atom is -0.381 e. The van der Waals surface area contributed by atoms with Gasteiger partial charge in [0.2, 0.25) is 5.91 Å². The molecule has 0 aliphatic carbocycles. The molecule has 0 spiro atoms. The van der Waals surface area contributed by atoms with Crippen molar-refractivity contribution in [3.8, 4) is 0 Å². The lowest BCUT2D eigenvalue weighted by Gasteiger charge is -2.31. The van der Waals surface area contributed by atoms with Crippen LogP contribution in [0.3, 0.4) is 0 Å². The number of nitrogens with zero attached hydrogens (tertiary/aromatic N) is 3. The molecular formula is C17H23N3O2S. The number of carbonyl (C=O) groups excluding carboxylic acids is 1. The topological polar surface area (TPSA) is 47.4 Å². The summed E-state index contributed by atoms with van der Waals surface area (Å²) >= 11 is 1.63. The Morgan fingerprint density at radius 2 is 2.35 bits per heavy atom. The van der Waals surface area contributed by atoms with Crippen LogP contribution in [0.15, 0.2) is 23.7 Å². The monoisotopic (exact) mass is 333 g/mol. The Labute approximate surface area is 140 Å². The van der Waals surface area contributed by atoms with Gasteiger partial charge in [-0.15, -0.1) is 11.3 Å². The van der Waals surface area contributed by atoms with Crippen molar-refractivity contribution in [1.82, 2.24) is 14.7 Å². The molecule has 6 heteroatoms. The summed E-state index contributed by atoms with van der Waals surface area (Å²) in [4.78, 5) is 15.7. The number of fused-ring (bicyclic) bond motifs is 1. The van der Waals surface area contributed by atoms with E-state index in [4.69, 9.17) is 4.74 Å². The SMILES string of the molecule is CCOC[C@@H]1CN(C(=O)Cc2cccs2)Cc2cn(CC)nc21. The van der Waals surface area contributed by atoms with Crippen molar-refractivity contribution >= 4 is 17.2 Å². The summed E-state index contributed by atoms with van der Waals surface area (Å²) in [5, 5.41) is 6.69. The Balaban J connectivity index is 1.76. The van der Waals surface area contributed by atoms with E-state index < -0.39 is 0 Å². The summed E-state index contributed by atoms with van der Waals surface area (Å²) in [6, 6.07) is 4.01. The van der Waals surface area contributed by atoms with Crippen LogP contribution in [0.2, 0.25) is 0 Å². The zero-order valence-electron chi connectivity index (χ0n) is 13.7. The predicted molar refractivity (Wildman–Crippen MR) is 90.6 cm³/mol. The number of aryl methyl sites for hydroxylation is 1. The highest BCUT2D eigenvalue weighted by atomic mass is 32.1. The summed E-state index contributed by atoms with van der Waals surface area (Å²) in [5.74, 6) is 0.350. The summed E-state index contributed by atoms with van der Waals surface area (Å²) in [6.07, 6.45) is 2.55. The van der Waals surface area contributed by atoms with Crippen LogP contribution in [-0.4, -0.2) is 40.3 Å². The van der Waals surface area contributed by atoms with Crippen molar-refractivity contribution in [3.05, 3.63) is 39.8 Å². The van der Waals surface area contributed by atoms with Crippen molar-refractivity contribution in [1.29, 1.82) is 0 Å². The first-order valence-corrected chi connectivity index (χ1v) is 9.03. The third-order valence-electron chi connectivity index (χ3n) is 4.16. The maximum absolute atomic E-state index is 12.6. The number of hydrogen-bond acceptors (Lipinski definition) is 4. The van der Waals surface area contributed by atoms with Crippen LogP contribution in [-0.2, 0) is 29.0 Å². The molecule has 1 amide bonds. The minimum absolute atomic E-state index is 0.166. The van der Waals surface area contributed by atoms with E-state index in [2.05, 4.69) is 18.2 Å². The van der Waals surface area contributed by atoms with Crippen LogP contribution in [0, 0.1) is 0 Å². The predicted octanol–water partition coefficient (Wildman–Crippen LogP) is 2.67. The van der Waals surface area contributed by atoms with E-state index in [1.54, 1.807) is 11.3 Å². The van der Waals surface area contributed by atoms with Crippen LogP contribution >= 0.6 is 11.3 Å². The summed E-state index contributed by atoms with van der Waals surface area (Å²) in [6.45, 7) is 7.57. The second-order valence-electron chi connectivity index (χ2n) is 5.78. The number of hydrogen-bond donors (Lipinski definition) is 0. The van der Waals surface area contributed by atoms with E-state index >= 15 is 0 Å². The van der Waals surface area contributed by atoms with E-state index in [-0.39, 0.29) is 11.8 Å². The molecule has 0 radical (unpaired) electrons. The Morgan fingerprint density at radius 3 is 3.04 bits per heavy atom. The first-order valence-electron chi connectivity index (χ1n) is 8.15. The van der Waals surface area contributed by atoms with Gasteiger partial charge in [-0.05, 0) is 25.3 Å². The van der Waals surface area contributed by atoms with Gasteiger partial charge in [-0.1, -0.05) is 6.07 Å². The molecule has 0 aromatic carbocycles. The smallest absolute Gasteiger partial charge is 0.228 e. The van der Waals surface area contributed by atoms with Gasteiger partial charge in [0.15, 0.2) is 0 Å². The van der Waals surface area contributed by atoms with Gasteiger partial charge in [-0.25, -0.2) is 0 Å². The molecule has 3 heterocycles. The lowest BCUT2D eigenvalue weighted by Crippen LogP contribution is -2.40. The van der Waals surface area contributed by atoms with Crippen molar-refractivity contribution in [2.45, 2.75) is 39.3 Å². The second kappa shape index (κ2) is 7.27. The molecule has 3 rings (SSSR count). The van der Waals surface area contributed by atoms with Gasteiger partial charge >= 0.3 is 0 Å². The Bertz CT molecular complexity index is 651. The molecule has 0 saturated heterocycles. The van der Waals surface area contributed by atoms with Gasteiger partial charge in [0, 0.05) is 48.8 Å². The fourth-order valence-electron chi connectivity index (χ4n) is 2.98. The van der Waals surface area contributed by atoms with Crippen molar-refractivity contribution in [3.63, 3.8) is 0 Å². The quantitative estimate of drug-likeness (QED) is 0.816. The molecule has 23 heavy (non-hydrogen) atoms. The molecule has 0 fully saturated rings. The molecule has 0 saturated carbocycles. The average molecular weight is 333 g/mol. The number of ether oxygens (including phenoxy) is 1. The molecule has 0 bridgehead atoms. The molecule has 1 atom stereocenters. The maximum atomic E-state index is 12.6. The lowest BCUT2D eigenvalue weighted by atomic mass is 9.97. The highest BCUT2D eigenvalue weighted by Gasteiger charge is 2.31. The summed E-state index contributed by atoms with van der Waals surface area (Å²) < 4.78 is 7.58. The molecule has 2 aromatic rings. The minimum atomic E-state index is 0.166. The van der Waals surface area contributed by atoms with E-state index in [1.165, 1.54) is 0 Å². The fraction of sp³-hybridized carbons (Fsp3) is 0.529. The van der Waals surface area contributed by atoms with E-state index in [0.717, 1.165) is 22.7 Å². The highest BCUT2D eigenvalue weighted by molar-refractivity contribution is 7.10. The van der Waals surface area contributed by atoms with Crippen molar-refractivity contribution in [2.24, 2.45) is 0 Å². The zero-order valence-corrected chi connectivity index (χ0v) is 14.5. The lowest BCUT2D eigenvalue weighted by molar-refractivity contribution is -0.132. The van der Waals surface area contributed by atoms with Gasteiger partial charge in [0.25, 0.3) is 0 Å². The van der Waals surface area contributed by atoms with Crippen LogP contribution in [0.4, 0.5) is 0 Å². The van der Waals surface area contributed by atoms with Gasteiger partial charge < -0.3 is 9.64 Å². The van der Waals surface area contributed by atoms with Crippen LogP contribution in [0.5, 0.6) is 0 Å².